The summed E-state index contributed by atoms with van der Waals surface area (Å²) in [6.07, 6.45) is 1.82. The van der Waals surface area contributed by atoms with Gasteiger partial charge in [-0.05, 0) is 117 Å². The van der Waals surface area contributed by atoms with Crippen molar-refractivity contribution in [2.75, 3.05) is 52.3 Å². The Morgan fingerprint density at radius 2 is 1.35 bits per heavy atom. The van der Waals surface area contributed by atoms with E-state index in [2.05, 4.69) is 26.6 Å². The Balaban J connectivity index is 0.921. The zero-order chi connectivity index (χ0) is 57.7. The molecule has 0 spiro atoms. The van der Waals surface area contributed by atoms with E-state index in [0.717, 1.165) is 34.7 Å². The molecule has 0 aliphatic carbocycles. The number of carbonyl (C=O) groups excluding carboxylic acids is 6. The Morgan fingerprint density at radius 1 is 0.753 bits per heavy atom. The Morgan fingerprint density at radius 3 is 1.98 bits per heavy atom. The average Bonchev–Trinajstić information content (AvgIpc) is 4.20. The van der Waals surface area contributed by atoms with Crippen LogP contribution in [0.25, 0.3) is 0 Å². The predicted molar refractivity (Wildman–Crippen MR) is 315 cm³/mol. The molecule has 0 saturated carbocycles. The number of anilines is 5. The summed E-state index contributed by atoms with van der Waals surface area (Å²) in [5, 5.41) is 26.6. The molecule has 4 aliphatic rings. The molecule has 5 atom stereocenters. The van der Waals surface area contributed by atoms with Crippen LogP contribution in [0.1, 0.15) is 103 Å². The van der Waals surface area contributed by atoms with Crippen molar-refractivity contribution in [3.8, 4) is 23.0 Å². The first-order valence-corrected chi connectivity index (χ1v) is 29.5. The fourth-order valence-corrected chi connectivity index (χ4v) is 13.2. The molecular weight excluding hydrogens is 1070 g/mol. The lowest BCUT2D eigenvalue weighted by atomic mass is 10.0. The lowest BCUT2D eigenvalue weighted by Crippen LogP contribution is -2.53. The van der Waals surface area contributed by atoms with Gasteiger partial charge in [-0.2, -0.15) is 0 Å². The molecule has 21 heteroatoms. The summed E-state index contributed by atoms with van der Waals surface area (Å²) in [5.74, 6) is -0.415. The van der Waals surface area contributed by atoms with Gasteiger partial charge in [-0.1, -0.05) is 71.8 Å². The average molecular weight is 1140 g/mol. The van der Waals surface area contributed by atoms with Gasteiger partial charge in [-0.3, -0.25) is 28.8 Å². The van der Waals surface area contributed by atoms with Crippen LogP contribution >= 0.6 is 21.6 Å². The van der Waals surface area contributed by atoms with Crippen LogP contribution < -0.4 is 61.1 Å². The molecule has 9 rings (SSSR count). The summed E-state index contributed by atoms with van der Waals surface area (Å²) in [4.78, 5) is 84.1. The minimum Gasteiger partial charge on any atom is -0.493 e. The summed E-state index contributed by atoms with van der Waals surface area (Å²) in [6.45, 7) is 9.70. The highest BCUT2D eigenvalue weighted by Gasteiger charge is 2.43. The molecular formula is C60H70N8O11S2. The monoisotopic (exact) mass is 1140 g/mol. The van der Waals surface area contributed by atoms with Crippen molar-refractivity contribution >= 4 is 85.5 Å². The third kappa shape index (κ3) is 13.3. The number of carbonyl (C=O) groups is 6. The highest BCUT2D eigenvalue weighted by atomic mass is 33.1. The van der Waals surface area contributed by atoms with Gasteiger partial charge in [0.25, 0.3) is 11.8 Å². The Bertz CT molecular complexity index is 3230. The van der Waals surface area contributed by atoms with Crippen molar-refractivity contribution in [2.24, 2.45) is 11.7 Å². The number of rotatable bonds is 23. The molecule has 4 aliphatic heterocycles. The number of hydrogen-bond donors (Lipinski definition) is 7. The number of para-hydroxylation sites is 2. The molecule has 81 heavy (non-hydrogen) atoms. The zero-order valence-corrected chi connectivity index (χ0v) is 48.1. The summed E-state index contributed by atoms with van der Waals surface area (Å²) in [6, 6.07) is 24.9. The lowest BCUT2D eigenvalue weighted by Gasteiger charge is -2.26. The molecule has 1 unspecified atom stereocenters. The molecule has 19 nitrogen and oxygen atoms in total. The minimum absolute atomic E-state index is 0.0253. The van der Waals surface area contributed by atoms with E-state index in [1.54, 1.807) is 69.8 Å². The van der Waals surface area contributed by atoms with Gasteiger partial charge in [-0.25, -0.2) is 0 Å². The van der Waals surface area contributed by atoms with Crippen molar-refractivity contribution in [1.29, 1.82) is 0 Å². The van der Waals surface area contributed by atoms with Crippen molar-refractivity contribution in [2.45, 2.75) is 121 Å². The van der Waals surface area contributed by atoms with Crippen LogP contribution in [0.3, 0.4) is 0 Å². The lowest BCUT2D eigenvalue weighted by molar-refractivity contribution is -0.131. The van der Waals surface area contributed by atoms with E-state index in [4.69, 9.17) is 24.7 Å². The van der Waals surface area contributed by atoms with Crippen molar-refractivity contribution < 1.29 is 52.8 Å². The smallest absolute Gasteiger partial charge is 0.260 e. The number of methoxy groups -OCH3 is 2. The third-order valence-corrected chi connectivity index (χ3v) is 18.2. The molecule has 5 aromatic carbocycles. The number of nitrogens with one attached hydrogen (secondary N) is 5. The number of ether oxygens (including phenoxy) is 4. The van der Waals surface area contributed by atoms with Gasteiger partial charge in [0.2, 0.25) is 23.6 Å². The van der Waals surface area contributed by atoms with E-state index in [1.165, 1.54) is 14.2 Å². The Hall–Kier alpha value is -7.62. The van der Waals surface area contributed by atoms with Crippen LogP contribution in [0.15, 0.2) is 91.0 Å². The van der Waals surface area contributed by atoms with E-state index in [9.17, 15) is 33.9 Å². The van der Waals surface area contributed by atoms with Crippen molar-refractivity contribution in [3.05, 3.63) is 124 Å². The molecule has 6 amide bonds. The summed E-state index contributed by atoms with van der Waals surface area (Å²) >= 11 is 0. The van der Waals surface area contributed by atoms with Gasteiger partial charge in [0.15, 0.2) is 23.0 Å². The van der Waals surface area contributed by atoms with E-state index >= 15 is 0 Å². The second kappa shape index (κ2) is 25.0. The van der Waals surface area contributed by atoms with Gasteiger partial charge in [-0.15, -0.1) is 0 Å². The SMILES string of the molecule is COc1cc2c(cc1OCc1cc(COc3cc4c(cc3OC)C(=O)N3c5ccccc5C[C@H]3C(O)N4)cc(NC(=O)[C@H](C)NC(=O)[C@@H](NC(=O)CCC(C)(C)SSCCCC(N)=O)C(C)C)c1)NC[C@@H]1Cc3ccccc3N1C2=O. The molecule has 8 N–H and O–H groups in total. The number of aliphatic hydroxyl groups is 1. The first-order chi connectivity index (χ1) is 38.8. The molecule has 0 radical (unpaired) electrons. The molecule has 0 bridgehead atoms. The van der Waals surface area contributed by atoms with Gasteiger partial charge < -0.3 is 66.2 Å². The van der Waals surface area contributed by atoms with Crippen molar-refractivity contribution in [1.82, 2.24) is 10.6 Å². The summed E-state index contributed by atoms with van der Waals surface area (Å²) < 4.78 is 24.3. The summed E-state index contributed by atoms with van der Waals surface area (Å²) in [7, 11) is 6.24. The number of aliphatic hydroxyl groups excluding tert-OH is 1. The number of nitrogens with zero attached hydrogens (tertiary/aromatic N) is 2. The van der Waals surface area contributed by atoms with Gasteiger partial charge in [0.1, 0.15) is 31.5 Å². The molecule has 5 aromatic rings. The maximum atomic E-state index is 14.2. The Labute approximate surface area is 479 Å². The van der Waals surface area contributed by atoms with E-state index in [0.29, 0.717) is 83.0 Å². The maximum Gasteiger partial charge on any atom is 0.260 e. The number of nitrogens with two attached hydrogens (primary N) is 1. The number of hydrogen-bond acceptors (Lipinski definition) is 15. The Kier molecular flexibility index (Phi) is 17.9. The standard InChI is InChI=1S/C60H70N8O11S2/c1-33(2)54(66-53(70)18-19-60(4,5)81-80-20-12-17-52(61)69)57(73)63-34(3)55(71)64-39-22-35(31-78-50-28-43-41(26-48(50)76-6)58(74)67-40(30-62-43)24-37-13-8-10-15-45(37)67)21-36(23-39)32-79-51-29-44-42(27-49(51)77-7)59(75)68-46-16-11-9-14-38(46)25-47(68)56(72)65-44/h8-11,13-16,21-23,26-29,33-34,40,47,54,56,62,65,72H,12,17-20,24-25,30-32H2,1-7H3,(H2,61,69)(H,63,73)(H,64,71)(H,66,70)/t34-,40-,47-,54-,56?/m0/s1. The number of benzene rings is 5. The highest BCUT2D eigenvalue weighted by Crippen LogP contribution is 2.44. The van der Waals surface area contributed by atoms with E-state index in [-0.39, 0.29) is 71.5 Å². The zero-order valence-electron chi connectivity index (χ0n) is 46.5. The van der Waals surface area contributed by atoms with Crippen LogP contribution in [0.4, 0.5) is 28.4 Å². The van der Waals surface area contributed by atoms with Gasteiger partial charge in [0, 0.05) is 59.1 Å². The number of fused-ring (bicyclic) bond motifs is 8. The highest BCUT2D eigenvalue weighted by molar-refractivity contribution is 8.77. The molecule has 0 fully saturated rings. The molecule has 0 saturated heterocycles. The molecule has 4 heterocycles. The maximum absolute atomic E-state index is 14.2. The second-order valence-electron chi connectivity index (χ2n) is 21.7. The first kappa shape index (κ1) is 58.0. The minimum atomic E-state index is -1.09. The summed E-state index contributed by atoms with van der Waals surface area (Å²) in [5.41, 5.74) is 12.2. The van der Waals surface area contributed by atoms with Crippen LogP contribution in [0, 0.1) is 5.92 Å². The van der Waals surface area contributed by atoms with E-state index < -0.39 is 36.2 Å². The predicted octanol–water partition coefficient (Wildman–Crippen LogP) is 7.96. The number of amides is 6. The van der Waals surface area contributed by atoms with Crippen LogP contribution in [0.2, 0.25) is 0 Å². The second-order valence-corrected chi connectivity index (χ2v) is 24.8. The third-order valence-electron chi connectivity index (χ3n) is 14.8. The quantitative estimate of drug-likeness (QED) is 0.0242. The first-order valence-electron chi connectivity index (χ1n) is 27.1. The normalized spacial score (nSPS) is 17.5. The fraction of sp³-hybridized carbons (Fsp3) is 0.400. The number of primary amides is 1. The van der Waals surface area contributed by atoms with E-state index in [1.807, 2.05) is 87.2 Å². The van der Waals surface area contributed by atoms with Crippen molar-refractivity contribution in [3.63, 3.8) is 0 Å². The fourth-order valence-electron chi connectivity index (χ4n) is 10.5. The van der Waals surface area contributed by atoms with Gasteiger partial charge in [0.05, 0.1) is 48.8 Å². The van der Waals surface area contributed by atoms with Crippen LogP contribution in [0.5, 0.6) is 23.0 Å². The molecule has 428 valence electrons. The largest absolute Gasteiger partial charge is 0.493 e. The van der Waals surface area contributed by atoms with Crippen LogP contribution in [-0.2, 0) is 45.2 Å². The van der Waals surface area contributed by atoms with Gasteiger partial charge >= 0.3 is 0 Å². The molecule has 0 aromatic heterocycles. The topological polar surface area (TPSA) is 252 Å². The van der Waals surface area contributed by atoms with Crippen LogP contribution in [-0.4, -0.2) is 102 Å².